The van der Waals surface area contributed by atoms with Crippen molar-refractivity contribution in [2.45, 2.75) is 296 Å². The molecule has 1 aliphatic heterocycles. The van der Waals surface area contributed by atoms with E-state index < -0.39 is 5.54 Å². The zero-order chi connectivity index (χ0) is 46.1. The standard InChI is InChI=1S/C58H105NO5/c1-4-7-10-13-16-19-22-25-28-31-34-37-40-43-46-49-55-59-58(52-62-55,53-63-56(60)50-47-44-41-38-35-32-29-26-23-20-17-14-11-8-5-2)54-64-57(61)51-48-45-42-39-36-33-30-27-24-21-18-15-12-9-6-3/h25-30H,4-24,31-54H2,1-3H3. The molecule has 1 aliphatic rings. The highest BCUT2D eigenvalue weighted by molar-refractivity contribution is 5.78. The van der Waals surface area contributed by atoms with Gasteiger partial charge in [0.25, 0.3) is 0 Å². The summed E-state index contributed by atoms with van der Waals surface area (Å²) in [6.45, 7) is 7.29. The molecule has 0 N–H and O–H groups in total. The van der Waals surface area contributed by atoms with Crippen molar-refractivity contribution in [2.24, 2.45) is 4.99 Å². The van der Waals surface area contributed by atoms with E-state index >= 15 is 0 Å². The van der Waals surface area contributed by atoms with Crippen LogP contribution >= 0.6 is 0 Å². The Kier molecular flexibility index (Phi) is 43.9. The van der Waals surface area contributed by atoms with E-state index in [-0.39, 0.29) is 31.8 Å². The van der Waals surface area contributed by atoms with Crippen LogP contribution in [0.3, 0.4) is 0 Å². The van der Waals surface area contributed by atoms with E-state index in [1.165, 1.54) is 186 Å². The first kappa shape index (κ1) is 59.6. The van der Waals surface area contributed by atoms with Crippen LogP contribution in [-0.4, -0.2) is 43.2 Å². The number of hydrogen-bond acceptors (Lipinski definition) is 6. The van der Waals surface area contributed by atoms with Gasteiger partial charge in [-0.05, 0) is 96.3 Å². The number of ether oxygens (including phenoxy) is 3. The van der Waals surface area contributed by atoms with Crippen LogP contribution in [0.4, 0.5) is 0 Å². The van der Waals surface area contributed by atoms with Crippen molar-refractivity contribution < 1.29 is 23.8 Å². The zero-order valence-corrected chi connectivity index (χ0v) is 42.8. The molecule has 0 aromatic carbocycles. The van der Waals surface area contributed by atoms with Crippen molar-refractivity contribution in [1.29, 1.82) is 0 Å². The van der Waals surface area contributed by atoms with E-state index in [9.17, 15) is 9.59 Å². The predicted molar refractivity (Wildman–Crippen MR) is 276 cm³/mol. The van der Waals surface area contributed by atoms with Crippen LogP contribution in [0.2, 0.25) is 0 Å². The first-order chi connectivity index (χ1) is 31.5. The van der Waals surface area contributed by atoms with Gasteiger partial charge in [0.1, 0.15) is 19.8 Å². The molecule has 0 saturated carbocycles. The first-order valence-corrected chi connectivity index (χ1v) is 28.0. The van der Waals surface area contributed by atoms with Gasteiger partial charge in [0.2, 0.25) is 0 Å². The summed E-state index contributed by atoms with van der Waals surface area (Å²) in [6.07, 6.45) is 64.1. The lowest BCUT2D eigenvalue weighted by molar-refractivity contribution is -0.150. The number of carbonyl (C=O) groups is 2. The summed E-state index contributed by atoms with van der Waals surface area (Å²) in [5.41, 5.74) is -0.854. The third-order valence-electron chi connectivity index (χ3n) is 12.8. The van der Waals surface area contributed by atoms with Gasteiger partial charge >= 0.3 is 11.9 Å². The number of esters is 2. The van der Waals surface area contributed by atoms with E-state index in [1.807, 2.05) is 0 Å². The third-order valence-corrected chi connectivity index (χ3v) is 12.8. The van der Waals surface area contributed by atoms with Crippen LogP contribution in [0.1, 0.15) is 290 Å². The summed E-state index contributed by atoms with van der Waals surface area (Å²) >= 11 is 0. The Labute approximate surface area is 397 Å². The van der Waals surface area contributed by atoms with Crippen molar-refractivity contribution in [3.05, 3.63) is 36.5 Å². The number of hydrogen-bond donors (Lipinski definition) is 0. The molecule has 0 fully saturated rings. The van der Waals surface area contributed by atoms with Crippen LogP contribution in [0.25, 0.3) is 0 Å². The van der Waals surface area contributed by atoms with Crippen molar-refractivity contribution in [3.63, 3.8) is 0 Å². The summed E-state index contributed by atoms with van der Waals surface area (Å²) in [5, 5.41) is 0. The van der Waals surface area contributed by atoms with Crippen LogP contribution in [0.5, 0.6) is 0 Å². The molecule has 1 heterocycles. The second-order valence-corrected chi connectivity index (χ2v) is 19.3. The minimum Gasteiger partial charge on any atom is -0.478 e. The van der Waals surface area contributed by atoms with E-state index in [2.05, 4.69) is 57.2 Å². The average Bonchev–Trinajstić information content (AvgIpc) is 3.71. The Morgan fingerprint density at radius 3 is 1.03 bits per heavy atom. The molecule has 0 aliphatic carbocycles. The lowest BCUT2D eigenvalue weighted by atomic mass is 10.0. The average molecular weight is 896 g/mol. The molecule has 0 unspecified atom stereocenters. The minimum absolute atomic E-state index is 0.0907. The molecular weight excluding hydrogens is 791 g/mol. The number of allylic oxidation sites excluding steroid dienone is 6. The number of nitrogens with zero attached hydrogens (tertiary/aromatic N) is 1. The number of aliphatic imine (C=N–C) groups is 1. The number of rotatable bonds is 49. The summed E-state index contributed by atoms with van der Waals surface area (Å²) in [4.78, 5) is 30.7. The number of unbranched alkanes of at least 4 members (excludes halogenated alkanes) is 33. The smallest absolute Gasteiger partial charge is 0.305 e. The highest BCUT2D eigenvalue weighted by Crippen LogP contribution is 2.24. The molecule has 0 radical (unpaired) electrons. The first-order valence-electron chi connectivity index (χ1n) is 28.0. The monoisotopic (exact) mass is 896 g/mol. The fraction of sp³-hybridized carbons (Fsp3) is 0.845. The van der Waals surface area contributed by atoms with Gasteiger partial charge in [-0.3, -0.25) is 9.59 Å². The summed E-state index contributed by atoms with van der Waals surface area (Å²) in [6, 6.07) is 0. The van der Waals surface area contributed by atoms with Gasteiger partial charge in [-0.1, -0.05) is 211 Å². The molecule has 1 rings (SSSR count). The third kappa shape index (κ3) is 39.9. The SMILES string of the molecule is CCCCCCCCC=CCCCCCCCC(=O)OCC1(COC(=O)CCCCCCCC=CCCCCCCCC)COC(CCCCCCCC=CCCCCCCCC)=N1. The van der Waals surface area contributed by atoms with Crippen LogP contribution in [0.15, 0.2) is 41.4 Å². The Morgan fingerprint density at radius 1 is 0.422 bits per heavy atom. The van der Waals surface area contributed by atoms with E-state index in [1.54, 1.807) is 0 Å². The molecular formula is C58H105NO5. The maximum atomic E-state index is 12.9. The summed E-state index contributed by atoms with van der Waals surface area (Å²) in [5.74, 6) is 0.314. The van der Waals surface area contributed by atoms with Crippen LogP contribution in [-0.2, 0) is 23.8 Å². The lowest BCUT2D eigenvalue weighted by Crippen LogP contribution is -2.41. The van der Waals surface area contributed by atoms with Crippen molar-refractivity contribution in [1.82, 2.24) is 0 Å². The fourth-order valence-corrected chi connectivity index (χ4v) is 8.47. The van der Waals surface area contributed by atoms with Crippen molar-refractivity contribution in [3.8, 4) is 0 Å². The Bertz CT molecular complexity index is 1100. The van der Waals surface area contributed by atoms with Crippen molar-refractivity contribution in [2.75, 3.05) is 19.8 Å². The molecule has 6 nitrogen and oxygen atoms in total. The summed E-state index contributed by atoms with van der Waals surface area (Å²) in [7, 11) is 0. The van der Waals surface area contributed by atoms with E-state index in [0.29, 0.717) is 18.7 Å². The maximum absolute atomic E-state index is 12.9. The van der Waals surface area contributed by atoms with Gasteiger partial charge in [-0.15, -0.1) is 0 Å². The lowest BCUT2D eigenvalue weighted by Gasteiger charge is -2.23. The Morgan fingerprint density at radius 2 is 0.703 bits per heavy atom. The molecule has 0 aromatic heterocycles. The molecule has 64 heavy (non-hydrogen) atoms. The van der Waals surface area contributed by atoms with Gasteiger partial charge in [0, 0.05) is 19.3 Å². The van der Waals surface area contributed by atoms with Gasteiger partial charge in [-0.25, -0.2) is 4.99 Å². The molecule has 0 aromatic rings. The van der Waals surface area contributed by atoms with Crippen molar-refractivity contribution >= 4 is 17.8 Å². The Balaban J connectivity index is 2.38. The quantitative estimate of drug-likeness (QED) is 0.0345. The molecule has 372 valence electrons. The molecule has 0 amide bonds. The van der Waals surface area contributed by atoms with Crippen LogP contribution < -0.4 is 0 Å². The Hall–Kier alpha value is -2.37. The molecule has 0 bridgehead atoms. The highest BCUT2D eigenvalue weighted by Gasteiger charge is 2.39. The van der Waals surface area contributed by atoms with Gasteiger partial charge in [0.15, 0.2) is 11.4 Å². The predicted octanol–water partition coefficient (Wildman–Crippen LogP) is 18.4. The fourth-order valence-electron chi connectivity index (χ4n) is 8.47. The van der Waals surface area contributed by atoms with Gasteiger partial charge in [-0.2, -0.15) is 0 Å². The zero-order valence-electron chi connectivity index (χ0n) is 42.8. The topological polar surface area (TPSA) is 74.2 Å². The van der Waals surface area contributed by atoms with E-state index in [4.69, 9.17) is 19.2 Å². The van der Waals surface area contributed by atoms with Gasteiger partial charge in [0.05, 0.1) is 0 Å². The number of carbonyl (C=O) groups excluding carboxylic acids is 2. The largest absolute Gasteiger partial charge is 0.478 e. The van der Waals surface area contributed by atoms with E-state index in [0.717, 1.165) is 70.6 Å². The van der Waals surface area contributed by atoms with Gasteiger partial charge < -0.3 is 14.2 Å². The maximum Gasteiger partial charge on any atom is 0.305 e. The molecule has 0 saturated heterocycles. The second kappa shape index (κ2) is 47.1. The molecule has 0 spiro atoms. The second-order valence-electron chi connectivity index (χ2n) is 19.3. The molecule has 6 heteroatoms. The summed E-state index contributed by atoms with van der Waals surface area (Å²) < 4.78 is 17.7. The van der Waals surface area contributed by atoms with Crippen LogP contribution in [0, 0.1) is 0 Å². The molecule has 0 atom stereocenters. The minimum atomic E-state index is -0.854. The highest BCUT2D eigenvalue weighted by atomic mass is 16.6. The normalized spacial score (nSPS) is 15.2.